The van der Waals surface area contributed by atoms with E-state index >= 15 is 0 Å². The van der Waals surface area contributed by atoms with Gasteiger partial charge in [0.05, 0.1) is 11.9 Å². The number of hydrogen-bond acceptors (Lipinski definition) is 4. The first kappa shape index (κ1) is 27.7. The lowest BCUT2D eigenvalue weighted by Gasteiger charge is -2.34. The summed E-state index contributed by atoms with van der Waals surface area (Å²) in [5.74, 6) is -0.765. The molecule has 0 aliphatic heterocycles. The van der Waals surface area contributed by atoms with Crippen molar-refractivity contribution in [3.05, 3.63) is 64.7 Å². The second-order valence-corrected chi connectivity index (χ2v) is 11.7. The van der Waals surface area contributed by atoms with Crippen LogP contribution < -0.4 is 9.62 Å². The van der Waals surface area contributed by atoms with E-state index in [9.17, 15) is 18.0 Å². The minimum absolute atomic E-state index is 0.136. The summed E-state index contributed by atoms with van der Waals surface area (Å²) in [6, 6.07) is 13.2. The standard InChI is InChI=1S/C25H34ClN3O4S/c1-7-21(24(31)27-25(3,4)5)28(16-19-12-14-20(26)15-13-19)23(30)17-29(34(6,32)33)22-11-9-8-10-18(22)2/h8-15,21H,7,16-17H2,1-6H3,(H,27,31). The Kier molecular flexibility index (Phi) is 9.14. The Bertz CT molecular complexity index is 1110. The number of nitrogens with one attached hydrogen (secondary N) is 1. The summed E-state index contributed by atoms with van der Waals surface area (Å²) < 4.78 is 26.4. The van der Waals surface area contributed by atoms with Gasteiger partial charge in [0.1, 0.15) is 12.6 Å². The van der Waals surface area contributed by atoms with Crippen molar-refractivity contribution in [1.29, 1.82) is 0 Å². The van der Waals surface area contributed by atoms with Gasteiger partial charge in [-0.1, -0.05) is 48.9 Å². The number of hydrogen-bond donors (Lipinski definition) is 1. The van der Waals surface area contributed by atoms with Crippen molar-refractivity contribution < 1.29 is 18.0 Å². The molecule has 0 saturated heterocycles. The van der Waals surface area contributed by atoms with E-state index in [0.29, 0.717) is 17.1 Å². The van der Waals surface area contributed by atoms with Gasteiger partial charge in [-0.3, -0.25) is 13.9 Å². The van der Waals surface area contributed by atoms with E-state index in [1.165, 1.54) is 4.90 Å². The number of sulfonamides is 1. The van der Waals surface area contributed by atoms with Crippen LogP contribution in [0.2, 0.25) is 5.02 Å². The molecule has 0 aliphatic rings. The van der Waals surface area contributed by atoms with Gasteiger partial charge in [-0.25, -0.2) is 8.42 Å². The summed E-state index contributed by atoms with van der Waals surface area (Å²) >= 11 is 6.01. The zero-order valence-electron chi connectivity index (χ0n) is 20.6. The van der Waals surface area contributed by atoms with E-state index in [1.807, 2.05) is 27.7 Å². The molecule has 2 rings (SSSR count). The predicted molar refractivity (Wildman–Crippen MR) is 137 cm³/mol. The van der Waals surface area contributed by atoms with Gasteiger partial charge < -0.3 is 10.2 Å². The lowest BCUT2D eigenvalue weighted by Crippen LogP contribution is -2.55. The minimum Gasteiger partial charge on any atom is -0.350 e. The highest BCUT2D eigenvalue weighted by molar-refractivity contribution is 7.92. The van der Waals surface area contributed by atoms with Crippen LogP contribution in [0.25, 0.3) is 0 Å². The van der Waals surface area contributed by atoms with Crippen LogP contribution in [0.15, 0.2) is 48.5 Å². The first-order chi connectivity index (χ1) is 15.7. The lowest BCUT2D eigenvalue weighted by atomic mass is 10.1. The Labute approximate surface area is 208 Å². The average molecular weight is 508 g/mol. The van der Waals surface area contributed by atoms with Crippen molar-refractivity contribution in [2.24, 2.45) is 0 Å². The Morgan fingerprint density at radius 2 is 1.65 bits per heavy atom. The first-order valence-electron chi connectivity index (χ1n) is 11.1. The van der Waals surface area contributed by atoms with Gasteiger partial charge in [-0.2, -0.15) is 0 Å². The Balaban J connectivity index is 2.46. The number of carbonyl (C=O) groups is 2. The molecule has 34 heavy (non-hydrogen) atoms. The third-order valence-corrected chi connectivity index (χ3v) is 6.59. The number of benzene rings is 2. The predicted octanol–water partition coefficient (Wildman–Crippen LogP) is 4.14. The number of para-hydroxylation sites is 1. The molecule has 1 atom stereocenters. The highest BCUT2D eigenvalue weighted by Crippen LogP contribution is 2.23. The van der Waals surface area contributed by atoms with E-state index in [-0.39, 0.29) is 12.5 Å². The number of carbonyl (C=O) groups excluding carboxylic acids is 2. The monoisotopic (exact) mass is 507 g/mol. The molecule has 0 radical (unpaired) electrons. The molecule has 0 fully saturated rings. The maximum absolute atomic E-state index is 13.6. The van der Waals surface area contributed by atoms with Crippen LogP contribution in [0.5, 0.6) is 0 Å². The zero-order chi connectivity index (χ0) is 25.7. The number of aryl methyl sites for hydroxylation is 1. The SMILES string of the molecule is CCC(C(=O)NC(C)(C)C)N(Cc1ccc(Cl)cc1)C(=O)CN(c1ccccc1C)S(C)(=O)=O. The van der Waals surface area contributed by atoms with E-state index in [2.05, 4.69) is 5.32 Å². The summed E-state index contributed by atoms with van der Waals surface area (Å²) in [7, 11) is -3.76. The lowest BCUT2D eigenvalue weighted by molar-refractivity contribution is -0.141. The zero-order valence-corrected chi connectivity index (χ0v) is 22.2. The molecule has 0 spiro atoms. The highest BCUT2D eigenvalue weighted by Gasteiger charge is 2.33. The van der Waals surface area contributed by atoms with Crippen LogP contribution in [0.3, 0.4) is 0 Å². The molecule has 2 aromatic rings. The largest absolute Gasteiger partial charge is 0.350 e. The fourth-order valence-electron chi connectivity index (χ4n) is 3.60. The van der Waals surface area contributed by atoms with Crippen LogP contribution in [-0.4, -0.2) is 49.5 Å². The van der Waals surface area contributed by atoms with Gasteiger partial charge in [-0.05, 0) is 63.4 Å². The molecule has 2 aromatic carbocycles. The Hall–Kier alpha value is -2.58. The van der Waals surface area contributed by atoms with Crippen LogP contribution in [0.1, 0.15) is 45.2 Å². The molecule has 1 N–H and O–H groups in total. The smallest absolute Gasteiger partial charge is 0.244 e. The third kappa shape index (κ3) is 7.74. The third-order valence-electron chi connectivity index (χ3n) is 5.21. The van der Waals surface area contributed by atoms with Gasteiger partial charge in [0.2, 0.25) is 21.8 Å². The fourth-order valence-corrected chi connectivity index (χ4v) is 4.63. The van der Waals surface area contributed by atoms with E-state index in [1.54, 1.807) is 55.5 Å². The molecule has 186 valence electrons. The highest BCUT2D eigenvalue weighted by atomic mass is 35.5. The molecule has 2 amide bonds. The number of halogens is 1. The minimum atomic E-state index is -3.76. The second-order valence-electron chi connectivity index (χ2n) is 9.37. The Morgan fingerprint density at radius 3 is 2.15 bits per heavy atom. The van der Waals surface area contributed by atoms with E-state index < -0.39 is 34.1 Å². The maximum atomic E-state index is 13.6. The summed E-state index contributed by atoms with van der Waals surface area (Å²) in [5, 5.41) is 3.50. The normalized spacial score (nSPS) is 12.7. The molecule has 0 heterocycles. The second kappa shape index (κ2) is 11.2. The molecule has 0 aliphatic carbocycles. The van der Waals surface area contributed by atoms with Crippen molar-refractivity contribution in [2.45, 2.75) is 59.2 Å². The fraction of sp³-hybridized carbons (Fsp3) is 0.440. The van der Waals surface area contributed by atoms with Crippen LogP contribution in [0, 0.1) is 6.92 Å². The van der Waals surface area contributed by atoms with Gasteiger partial charge in [-0.15, -0.1) is 0 Å². The van der Waals surface area contributed by atoms with Crippen molar-refractivity contribution in [3.63, 3.8) is 0 Å². The summed E-state index contributed by atoms with van der Waals surface area (Å²) in [6.45, 7) is 8.93. The van der Waals surface area contributed by atoms with Crippen molar-refractivity contribution in [1.82, 2.24) is 10.2 Å². The number of anilines is 1. The van der Waals surface area contributed by atoms with Crippen LogP contribution >= 0.6 is 11.6 Å². The van der Waals surface area contributed by atoms with Crippen molar-refractivity contribution in [3.8, 4) is 0 Å². The summed E-state index contributed by atoms with van der Waals surface area (Å²) in [5.41, 5.74) is 1.44. The molecule has 0 bridgehead atoms. The number of rotatable bonds is 9. The van der Waals surface area contributed by atoms with Crippen molar-refractivity contribution >= 4 is 39.1 Å². The molecule has 7 nitrogen and oxygen atoms in total. The maximum Gasteiger partial charge on any atom is 0.244 e. The molecular formula is C25H34ClN3O4S. The quantitative estimate of drug-likeness (QED) is 0.552. The average Bonchev–Trinajstić information content (AvgIpc) is 2.71. The van der Waals surface area contributed by atoms with Crippen LogP contribution in [-0.2, 0) is 26.2 Å². The molecule has 0 saturated carbocycles. The van der Waals surface area contributed by atoms with Gasteiger partial charge >= 0.3 is 0 Å². The van der Waals surface area contributed by atoms with Crippen LogP contribution in [0.4, 0.5) is 5.69 Å². The molecule has 1 unspecified atom stereocenters. The number of amides is 2. The molecule has 9 heteroatoms. The number of nitrogens with zero attached hydrogens (tertiary/aromatic N) is 2. The van der Waals surface area contributed by atoms with Gasteiger partial charge in [0.25, 0.3) is 0 Å². The van der Waals surface area contributed by atoms with Crippen molar-refractivity contribution in [2.75, 3.05) is 17.1 Å². The molecular weight excluding hydrogens is 474 g/mol. The first-order valence-corrected chi connectivity index (χ1v) is 13.3. The van der Waals surface area contributed by atoms with E-state index in [4.69, 9.17) is 11.6 Å². The Morgan fingerprint density at radius 1 is 1.06 bits per heavy atom. The molecule has 0 aromatic heterocycles. The van der Waals surface area contributed by atoms with Gasteiger partial charge in [0, 0.05) is 17.1 Å². The van der Waals surface area contributed by atoms with Gasteiger partial charge in [0.15, 0.2) is 0 Å². The van der Waals surface area contributed by atoms with E-state index in [0.717, 1.165) is 21.7 Å². The topological polar surface area (TPSA) is 86.8 Å². The summed E-state index contributed by atoms with van der Waals surface area (Å²) in [4.78, 5) is 28.2. The summed E-state index contributed by atoms with van der Waals surface area (Å²) in [6.07, 6.45) is 1.43.